The number of nitrogens with one attached hydrogen (secondary N) is 1. The molecule has 0 radical (unpaired) electrons. The van der Waals surface area contributed by atoms with Crippen LogP contribution in [-0.2, 0) is 14.3 Å². The van der Waals surface area contributed by atoms with Gasteiger partial charge in [0, 0.05) is 5.41 Å². The van der Waals surface area contributed by atoms with E-state index in [1.807, 2.05) is 13.8 Å². The Morgan fingerprint density at radius 2 is 2.33 bits per heavy atom. The van der Waals surface area contributed by atoms with Gasteiger partial charge in [-0.15, -0.1) is 0 Å². The lowest BCUT2D eigenvalue weighted by atomic mass is 9.88. The van der Waals surface area contributed by atoms with Gasteiger partial charge in [-0.1, -0.05) is 13.8 Å². The lowest BCUT2D eigenvalue weighted by molar-refractivity contribution is -0.133. The van der Waals surface area contributed by atoms with Crippen molar-refractivity contribution in [3.63, 3.8) is 0 Å². The maximum Gasteiger partial charge on any atom is 0.374 e. The second-order valence-electron chi connectivity index (χ2n) is 4.13. The number of nitrogens with zero attached hydrogens (tertiary/aromatic N) is 1. The molecule has 3 N–H and O–H groups in total. The van der Waals surface area contributed by atoms with Crippen LogP contribution in [0.3, 0.4) is 0 Å². The van der Waals surface area contributed by atoms with E-state index in [1.165, 1.54) is 7.11 Å². The topological polar surface area (TPSA) is 85.9 Å². The Balaban J connectivity index is 2.79. The van der Waals surface area contributed by atoms with Gasteiger partial charge >= 0.3 is 5.97 Å². The highest BCUT2D eigenvalue weighted by atomic mass is 16.5. The van der Waals surface area contributed by atoms with E-state index in [9.17, 15) is 4.79 Å². The molecule has 1 aliphatic heterocycles. The maximum atomic E-state index is 11.2. The minimum Gasteiger partial charge on any atom is -0.463 e. The minimum absolute atomic E-state index is 0.0288. The van der Waals surface area contributed by atoms with Crippen LogP contribution in [0.1, 0.15) is 13.8 Å². The van der Waals surface area contributed by atoms with E-state index in [2.05, 4.69) is 15.2 Å². The number of carbonyl (C=O) groups is 1. The molecule has 0 unspecified atom stereocenters. The summed E-state index contributed by atoms with van der Waals surface area (Å²) in [5, 5.41) is 0. The van der Waals surface area contributed by atoms with Crippen molar-refractivity contribution in [2.24, 2.45) is 16.3 Å². The predicted molar refractivity (Wildman–Crippen MR) is 55.2 cm³/mol. The van der Waals surface area contributed by atoms with Crippen LogP contribution in [0.2, 0.25) is 0 Å². The molecule has 0 aromatic rings. The van der Waals surface area contributed by atoms with Gasteiger partial charge in [0.2, 0.25) is 5.84 Å². The van der Waals surface area contributed by atoms with Crippen LogP contribution in [0.15, 0.2) is 4.99 Å². The molecule has 0 aliphatic carbocycles. The summed E-state index contributed by atoms with van der Waals surface area (Å²) in [6, 6.07) is -0.0809. The molecular weight excluding hydrogens is 198 g/mol. The Bertz CT molecular complexity index is 276. The highest BCUT2D eigenvalue weighted by Gasteiger charge is 2.36. The number of aliphatic imine (C=N–C) groups is 1. The summed E-state index contributed by atoms with van der Waals surface area (Å²) < 4.78 is 9.83. The monoisotopic (exact) mass is 215 g/mol. The van der Waals surface area contributed by atoms with Crippen molar-refractivity contribution >= 4 is 11.8 Å². The molecule has 0 amide bonds. The van der Waals surface area contributed by atoms with E-state index in [4.69, 9.17) is 10.6 Å². The molecule has 86 valence electrons. The van der Waals surface area contributed by atoms with Gasteiger partial charge in [0.05, 0.1) is 26.4 Å². The third-order valence-corrected chi connectivity index (χ3v) is 2.45. The van der Waals surface area contributed by atoms with Crippen molar-refractivity contribution < 1.29 is 14.3 Å². The normalized spacial score (nSPS) is 25.1. The number of carbonyl (C=O) groups excluding carboxylic acids is 1. The fourth-order valence-corrected chi connectivity index (χ4v) is 1.37. The van der Waals surface area contributed by atoms with Crippen molar-refractivity contribution in [2.45, 2.75) is 19.9 Å². The van der Waals surface area contributed by atoms with E-state index >= 15 is 0 Å². The molecule has 0 aromatic carbocycles. The Kier molecular flexibility index (Phi) is 3.65. The van der Waals surface area contributed by atoms with E-state index in [-0.39, 0.29) is 17.3 Å². The minimum atomic E-state index is -0.569. The van der Waals surface area contributed by atoms with Crippen LogP contribution in [-0.4, -0.2) is 38.2 Å². The number of amidine groups is 1. The zero-order valence-corrected chi connectivity index (χ0v) is 9.24. The number of ether oxygens (including phenoxy) is 2. The second-order valence-corrected chi connectivity index (χ2v) is 4.13. The summed E-state index contributed by atoms with van der Waals surface area (Å²) in [6.45, 7) is 5.18. The Morgan fingerprint density at radius 3 is 2.73 bits per heavy atom. The second kappa shape index (κ2) is 4.59. The summed E-state index contributed by atoms with van der Waals surface area (Å²) in [7, 11) is 1.28. The van der Waals surface area contributed by atoms with Crippen molar-refractivity contribution in [1.29, 1.82) is 0 Å². The highest BCUT2D eigenvalue weighted by molar-refractivity contribution is 6.35. The predicted octanol–water partition coefficient (Wildman–Crippen LogP) is -0.554. The number of rotatable bonds is 1. The maximum absolute atomic E-state index is 11.2. The molecule has 1 heterocycles. The van der Waals surface area contributed by atoms with Crippen molar-refractivity contribution in [2.75, 3.05) is 20.3 Å². The van der Waals surface area contributed by atoms with Gasteiger partial charge < -0.3 is 14.9 Å². The zero-order chi connectivity index (χ0) is 11.5. The molecule has 1 rings (SSSR count). The summed E-state index contributed by atoms with van der Waals surface area (Å²) in [4.78, 5) is 15.4. The van der Waals surface area contributed by atoms with Crippen LogP contribution in [0.5, 0.6) is 0 Å². The molecule has 0 bridgehead atoms. The number of hydrogen-bond acceptors (Lipinski definition) is 5. The van der Waals surface area contributed by atoms with E-state index in [0.29, 0.717) is 13.2 Å². The molecule has 1 fully saturated rings. The van der Waals surface area contributed by atoms with Crippen LogP contribution >= 0.6 is 0 Å². The van der Waals surface area contributed by atoms with Gasteiger partial charge in [-0.25, -0.2) is 10.6 Å². The lowest BCUT2D eigenvalue weighted by Gasteiger charge is -2.21. The number of esters is 1. The largest absolute Gasteiger partial charge is 0.463 e. The van der Waals surface area contributed by atoms with Gasteiger partial charge in [0.1, 0.15) is 0 Å². The molecule has 0 saturated carbocycles. The smallest absolute Gasteiger partial charge is 0.374 e. The Hall–Kier alpha value is -1.14. The van der Waals surface area contributed by atoms with Crippen LogP contribution in [0.25, 0.3) is 0 Å². The number of nitrogens with two attached hydrogens (primary N) is 1. The third kappa shape index (κ3) is 2.66. The van der Waals surface area contributed by atoms with E-state index in [1.54, 1.807) is 0 Å². The van der Waals surface area contributed by atoms with Gasteiger partial charge in [-0.3, -0.25) is 4.99 Å². The molecule has 15 heavy (non-hydrogen) atoms. The van der Waals surface area contributed by atoms with Crippen molar-refractivity contribution in [3.05, 3.63) is 0 Å². The molecule has 6 nitrogen and oxygen atoms in total. The molecule has 0 aromatic heterocycles. The van der Waals surface area contributed by atoms with E-state index < -0.39 is 5.97 Å². The summed E-state index contributed by atoms with van der Waals surface area (Å²) in [5.74, 6) is 4.65. The van der Waals surface area contributed by atoms with Crippen LogP contribution in [0.4, 0.5) is 0 Å². The summed E-state index contributed by atoms with van der Waals surface area (Å²) in [6.07, 6.45) is 0. The first kappa shape index (κ1) is 11.9. The Morgan fingerprint density at radius 1 is 1.67 bits per heavy atom. The molecular formula is C9H17N3O3. The molecule has 0 spiro atoms. The highest BCUT2D eigenvalue weighted by Crippen LogP contribution is 2.29. The van der Waals surface area contributed by atoms with Crippen LogP contribution < -0.4 is 11.3 Å². The SMILES string of the molecule is COC(=O)C(=N[C@H]1COCC1(C)C)NN. The third-order valence-electron chi connectivity index (χ3n) is 2.45. The first-order chi connectivity index (χ1) is 7.01. The fraction of sp³-hybridized carbons (Fsp3) is 0.778. The summed E-state index contributed by atoms with van der Waals surface area (Å²) in [5.41, 5.74) is 2.15. The lowest BCUT2D eigenvalue weighted by Crippen LogP contribution is -2.40. The standard InChI is InChI=1S/C9H17N3O3/c1-9(2)5-15-4-6(9)11-7(12-10)8(13)14-3/h6H,4-5,10H2,1-3H3,(H,11,12)/t6-/m0/s1. The number of hydrazine groups is 1. The molecule has 1 saturated heterocycles. The Labute approximate surface area is 88.8 Å². The van der Waals surface area contributed by atoms with Gasteiger partial charge in [0.25, 0.3) is 0 Å². The first-order valence-electron chi connectivity index (χ1n) is 4.71. The van der Waals surface area contributed by atoms with Gasteiger partial charge in [0.15, 0.2) is 0 Å². The molecule has 1 aliphatic rings. The van der Waals surface area contributed by atoms with Crippen LogP contribution in [0, 0.1) is 5.41 Å². The van der Waals surface area contributed by atoms with Gasteiger partial charge in [-0.05, 0) is 0 Å². The van der Waals surface area contributed by atoms with E-state index in [0.717, 1.165) is 0 Å². The number of methoxy groups -OCH3 is 1. The molecule has 1 atom stereocenters. The van der Waals surface area contributed by atoms with Crippen molar-refractivity contribution in [3.8, 4) is 0 Å². The molecule has 6 heteroatoms. The average molecular weight is 215 g/mol. The number of hydrogen-bond donors (Lipinski definition) is 2. The average Bonchev–Trinajstić information content (AvgIpc) is 2.53. The quantitative estimate of drug-likeness (QED) is 0.201. The zero-order valence-electron chi connectivity index (χ0n) is 9.24. The summed E-state index contributed by atoms with van der Waals surface area (Å²) >= 11 is 0. The first-order valence-corrected chi connectivity index (χ1v) is 4.71. The van der Waals surface area contributed by atoms with Gasteiger partial charge in [-0.2, -0.15) is 0 Å². The van der Waals surface area contributed by atoms with Crippen molar-refractivity contribution in [1.82, 2.24) is 5.43 Å². The fourth-order valence-electron chi connectivity index (χ4n) is 1.37.